The molecule has 1 unspecified atom stereocenters. The Balaban J connectivity index is 0.00000320. The fourth-order valence-corrected chi connectivity index (χ4v) is 4.11. The lowest BCUT2D eigenvalue weighted by Gasteiger charge is -2.34. The minimum absolute atomic E-state index is 0. The summed E-state index contributed by atoms with van der Waals surface area (Å²) in [4.78, 5) is 18.0. The van der Waals surface area contributed by atoms with Gasteiger partial charge in [0, 0.05) is 44.4 Å². The van der Waals surface area contributed by atoms with Crippen LogP contribution < -0.4 is 11.1 Å². The Morgan fingerprint density at radius 2 is 2.03 bits per heavy atom. The zero-order valence-corrected chi connectivity index (χ0v) is 20.4. The van der Waals surface area contributed by atoms with Gasteiger partial charge in [-0.05, 0) is 38.2 Å². The van der Waals surface area contributed by atoms with Crippen LogP contribution in [0.4, 0.5) is 0 Å². The number of nitrogens with zero attached hydrogens (tertiary/aromatic N) is 4. The number of guanidine groups is 1. The number of carbonyl (C=O) groups is 1. The molecule has 1 amide bonds. The van der Waals surface area contributed by atoms with E-state index in [1.807, 2.05) is 6.07 Å². The number of benzene rings is 1. The highest BCUT2D eigenvalue weighted by molar-refractivity contribution is 14.0. The molecule has 0 radical (unpaired) electrons. The van der Waals surface area contributed by atoms with E-state index in [0.717, 1.165) is 44.1 Å². The third kappa shape index (κ3) is 6.20. The number of nitrogens with one attached hydrogen (secondary N) is 1. The first kappa shape index (κ1) is 24.2. The second-order valence-electron chi connectivity index (χ2n) is 7.82. The quantitative estimate of drug-likeness (QED) is 0.346. The van der Waals surface area contributed by atoms with Crippen molar-refractivity contribution in [1.82, 2.24) is 20.0 Å². The number of carbonyl (C=O) groups excluding carboxylic acids is 1. The van der Waals surface area contributed by atoms with Crippen molar-refractivity contribution in [2.24, 2.45) is 16.6 Å². The van der Waals surface area contributed by atoms with Crippen LogP contribution in [0.15, 0.2) is 35.3 Å². The smallest absolute Gasteiger partial charge is 0.217 e. The van der Waals surface area contributed by atoms with E-state index in [4.69, 9.17) is 10.8 Å². The van der Waals surface area contributed by atoms with Crippen molar-refractivity contribution < 1.29 is 4.79 Å². The average Bonchev–Trinajstić information content (AvgIpc) is 2.96. The van der Waals surface area contributed by atoms with Crippen LogP contribution in [0.2, 0.25) is 0 Å². The number of aliphatic imine (C=N–C) groups is 1. The fraction of sp³-hybridized carbons (Fsp3) is 0.500. The van der Waals surface area contributed by atoms with Gasteiger partial charge in [0.2, 0.25) is 5.91 Å². The molecule has 0 bridgehead atoms. The Morgan fingerprint density at radius 1 is 1.30 bits per heavy atom. The number of hydrogen-bond acceptors (Lipinski definition) is 3. The zero-order valence-electron chi connectivity index (χ0n) is 18.1. The molecule has 1 saturated heterocycles. The van der Waals surface area contributed by atoms with Crippen LogP contribution in [0.3, 0.4) is 0 Å². The summed E-state index contributed by atoms with van der Waals surface area (Å²) in [6.07, 6.45) is 2.53. The highest BCUT2D eigenvalue weighted by Gasteiger charge is 2.24. The van der Waals surface area contributed by atoms with Gasteiger partial charge in [-0.2, -0.15) is 5.10 Å². The number of nitrogens with two attached hydrogens (primary N) is 1. The molecule has 7 nitrogen and oxygen atoms in total. The second-order valence-corrected chi connectivity index (χ2v) is 7.82. The fourth-order valence-electron chi connectivity index (χ4n) is 4.11. The third-order valence-electron chi connectivity index (χ3n) is 5.65. The standard InChI is InChI=1S/C22H32N6O.HI/c1-16-20(17(2)28(26-16)15-18-8-5-4-6-9-18)13-25-22(24-3)27-11-7-10-19(14-27)12-21(23)29;/h4-6,8-9,19H,7,10-15H2,1-3H3,(H2,23,29)(H,24,25);1H. The maximum Gasteiger partial charge on any atom is 0.217 e. The van der Waals surface area contributed by atoms with E-state index in [2.05, 4.69) is 58.0 Å². The van der Waals surface area contributed by atoms with Crippen molar-refractivity contribution in [2.45, 2.75) is 46.2 Å². The molecule has 30 heavy (non-hydrogen) atoms. The maximum absolute atomic E-state index is 11.3. The molecule has 1 fully saturated rings. The summed E-state index contributed by atoms with van der Waals surface area (Å²) >= 11 is 0. The monoisotopic (exact) mass is 524 g/mol. The second kappa shape index (κ2) is 11.3. The topological polar surface area (TPSA) is 88.5 Å². The first-order valence-corrected chi connectivity index (χ1v) is 10.3. The van der Waals surface area contributed by atoms with Crippen molar-refractivity contribution >= 4 is 35.8 Å². The summed E-state index contributed by atoms with van der Waals surface area (Å²) in [7, 11) is 1.80. The Kier molecular flexibility index (Phi) is 9.13. The molecule has 0 aliphatic carbocycles. The van der Waals surface area contributed by atoms with E-state index in [1.165, 1.54) is 16.8 Å². The molecule has 1 aromatic carbocycles. The van der Waals surface area contributed by atoms with Crippen molar-refractivity contribution in [1.29, 1.82) is 0 Å². The molecule has 3 N–H and O–H groups in total. The van der Waals surface area contributed by atoms with Gasteiger partial charge in [-0.25, -0.2) is 0 Å². The number of aryl methyl sites for hydroxylation is 1. The molecule has 1 aliphatic heterocycles. The molecular weight excluding hydrogens is 491 g/mol. The first-order chi connectivity index (χ1) is 14.0. The summed E-state index contributed by atoms with van der Waals surface area (Å²) in [6, 6.07) is 10.4. The molecule has 1 atom stereocenters. The van der Waals surface area contributed by atoms with Gasteiger partial charge in [-0.15, -0.1) is 24.0 Å². The van der Waals surface area contributed by atoms with Gasteiger partial charge in [0.25, 0.3) is 0 Å². The summed E-state index contributed by atoms with van der Waals surface area (Å²) in [5, 5.41) is 8.23. The van der Waals surface area contributed by atoms with E-state index in [-0.39, 0.29) is 29.9 Å². The Hall–Kier alpha value is -2.10. The number of likely N-dealkylation sites (tertiary alicyclic amines) is 1. The summed E-state index contributed by atoms with van der Waals surface area (Å²) in [6.45, 7) is 7.37. The number of amides is 1. The summed E-state index contributed by atoms with van der Waals surface area (Å²) in [5.74, 6) is 0.947. The van der Waals surface area contributed by atoms with E-state index < -0.39 is 0 Å². The molecule has 8 heteroatoms. The normalized spacial score (nSPS) is 16.8. The number of rotatable bonds is 6. The van der Waals surface area contributed by atoms with Crippen molar-refractivity contribution in [3.05, 3.63) is 52.8 Å². The Morgan fingerprint density at radius 3 is 2.70 bits per heavy atom. The lowest BCUT2D eigenvalue weighted by atomic mass is 9.95. The molecule has 0 spiro atoms. The van der Waals surface area contributed by atoms with E-state index in [1.54, 1.807) is 7.05 Å². The average molecular weight is 524 g/mol. The van der Waals surface area contributed by atoms with E-state index in [9.17, 15) is 4.79 Å². The maximum atomic E-state index is 11.3. The molecule has 1 aromatic heterocycles. The predicted molar refractivity (Wildman–Crippen MR) is 131 cm³/mol. The van der Waals surface area contributed by atoms with Crippen LogP contribution in [0, 0.1) is 19.8 Å². The van der Waals surface area contributed by atoms with Crippen LogP contribution in [-0.2, 0) is 17.9 Å². The van der Waals surface area contributed by atoms with E-state index >= 15 is 0 Å². The molecule has 0 saturated carbocycles. The molecule has 2 heterocycles. The largest absolute Gasteiger partial charge is 0.370 e. The van der Waals surface area contributed by atoms with Gasteiger partial charge in [0.05, 0.1) is 12.2 Å². The van der Waals surface area contributed by atoms with Crippen LogP contribution in [0.5, 0.6) is 0 Å². The van der Waals surface area contributed by atoms with Gasteiger partial charge in [0.15, 0.2) is 5.96 Å². The number of aromatic nitrogens is 2. The van der Waals surface area contributed by atoms with Gasteiger partial charge in [-0.1, -0.05) is 30.3 Å². The lowest BCUT2D eigenvalue weighted by Crippen LogP contribution is -2.47. The number of piperidine rings is 1. The van der Waals surface area contributed by atoms with E-state index in [0.29, 0.717) is 18.9 Å². The van der Waals surface area contributed by atoms with Gasteiger partial charge in [0.1, 0.15) is 0 Å². The van der Waals surface area contributed by atoms with Gasteiger partial charge < -0.3 is 16.0 Å². The number of hydrogen-bond donors (Lipinski definition) is 2. The van der Waals surface area contributed by atoms with Crippen molar-refractivity contribution in [3.8, 4) is 0 Å². The predicted octanol–water partition coefficient (Wildman–Crippen LogP) is 2.83. The van der Waals surface area contributed by atoms with Crippen molar-refractivity contribution in [2.75, 3.05) is 20.1 Å². The van der Waals surface area contributed by atoms with Crippen LogP contribution >= 0.6 is 24.0 Å². The summed E-state index contributed by atoms with van der Waals surface area (Å²) < 4.78 is 2.06. The minimum Gasteiger partial charge on any atom is -0.370 e. The zero-order chi connectivity index (χ0) is 20.8. The molecule has 164 valence electrons. The highest BCUT2D eigenvalue weighted by Crippen LogP contribution is 2.20. The summed E-state index contributed by atoms with van der Waals surface area (Å²) in [5.41, 5.74) is 10.0. The Labute approximate surface area is 196 Å². The number of primary amides is 1. The lowest BCUT2D eigenvalue weighted by molar-refractivity contribution is -0.119. The third-order valence-corrected chi connectivity index (χ3v) is 5.65. The number of halogens is 1. The molecule has 1 aliphatic rings. The Bertz CT molecular complexity index is 864. The van der Waals surface area contributed by atoms with Gasteiger partial charge >= 0.3 is 0 Å². The molecule has 2 aromatic rings. The highest BCUT2D eigenvalue weighted by atomic mass is 127. The van der Waals surface area contributed by atoms with Crippen LogP contribution in [-0.4, -0.2) is 46.7 Å². The molecule has 3 rings (SSSR count). The molecular formula is C22H33IN6O. The van der Waals surface area contributed by atoms with Crippen LogP contribution in [0.1, 0.15) is 41.8 Å². The first-order valence-electron chi connectivity index (χ1n) is 10.3. The SMILES string of the molecule is CN=C(NCc1c(C)nn(Cc2ccccc2)c1C)N1CCCC(CC(N)=O)C1.I. The minimum atomic E-state index is -0.225. The van der Waals surface area contributed by atoms with Crippen molar-refractivity contribution in [3.63, 3.8) is 0 Å². The van der Waals surface area contributed by atoms with Gasteiger partial charge in [-0.3, -0.25) is 14.5 Å². The van der Waals surface area contributed by atoms with Crippen LogP contribution in [0.25, 0.3) is 0 Å².